The van der Waals surface area contributed by atoms with Crippen molar-refractivity contribution >= 4 is 43.2 Å². The molecule has 16 heavy (non-hydrogen) atoms. The zero-order valence-electron chi connectivity index (χ0n) is 8.70. The van der Waals surface area contributed by atoms with E-state index in [1.54, 1.807) is 11.3 Å². The largest absolute Gasteiger partial charge is 0.232 e. The third-order valence-corrected chi connectivity index (χ3v) is 4.33. The van der Waals surface area contributed by atoms with E-state index in [2.05, 4.69) is 54.1 Å². The molecule has 0 aliphatic heterocycles. The average molecular weight is 362 g/mol. The van der Waals surface area contributed by atoms with Crippen molar-refractivity contribution in [2.24, 2.45) is 0 Å². The summed E-state index contributed by atoms with van der Waals surface area (Å²) >= 11 is 8.64. The molecule has 2 nitrogen and oxygen atoms in total. The molecule has 2 heterocycles. The molecule has 2 aromatic heterocycles. The Balaban J connectivity index is 2.45. The first-order valence-electron chi connectivity index (χ1n) is 4.97. The predicted molar refractivity (Wildman–Crippen MR) is 74.7 cm³/mol. The fourth-order valence-electron chi connectivity index (χ4n) is 1.39. The molecule has 0 aliphatic rings. The van der Waals surface area contributed by atoms with Crippen molar-refractivity contribution in [2.45, 2.75) is 19.8 Å². The summed E-state index contributed by atoms with van der Waals surface area (Å²) in [6.07, 6.45) is 1.97. The molecule has 0 atom stereocenters. The zero-order chi connectivity index (χ0) is 11.5. The van der Waals surface area contributed by atoms with Gasteiger partial charge < -0.3 is 0 Å². The summed E-state index contributed by atoms with van der Waals surface area (Å²) in [6.45, 7) is 2.13. The highest BCUT2D eigenvalue weighted by molar-refractivity contribution is 9.10. The summed E-state index contributed by atoms with van der Waals surface area (Å²) in [7, 11) is 0. The van der Waals surface area contributed by atoms with Crippen LogP contribution in [0.15, 0.2) is 26.6 Å². The summed E-state index contributed by atoms with van der Waals surface area (Å²) in [6, 6.07) is 3.99. The van der Waals surface area contributed by atoms with E-state index in [0.29, 0.717) is 0 Å². The quantitative estimate of drug-likeness (QED) is 0.741. The van der Waals surface area contributed by atoms with Gasteiger partial charge in [0.05, 0.1) is 10.6 Å². The van der Waals surface area contributed by atoms with Crippen molar-refractivity contribution in [1.29, 1.82) is 0 Å². The van der Waals surface area contributed by atoms with Gasteiger partial charge in [-0.15, -0.1) is 11.3 Å². The molecule has 84 valence electrons. The Morgan fingerprint density at radius 1 is 1.31 bits per heavy atom. The van der Waals surface area contributed by atoms with Gasteiger partial charge in [0, 0.05) is 10.9 Å². The number of nitrogens with zero attached hydrogens (tertiary/aromatic N) is 2. The van der Waals surface area contributed by atoms with Gasteiger partial charge in [-0.25, -0.2) is 9.97 Å². The summed E-state index contributed by atoms with van der Waals surface area (Å²) in [5.41, 5.74) is 0.979. The van der Waals surface area contributed by atoms with Crippen molar-refractivity contribution in [3.63, 3.8) is 0 Å². The summed E-state index contributed by atoms with van der Waals surface area (Å²) in [5.74, 6) is 0.896. The standard InChI is InChI=1S/C11H10Br2N2S/c1-2-3-10-14-8(6-9(13)15-10)11-7(12)4-5-16-11/h4-6H,2-3H2,1H3. The minimum absolute atomic E-state index is 0.848. The second-order valence-corrected chi connectivity index (χ2v) is 5.92. The molecule has 0 saturated carbocycles. The molecule has 0 radical (unpaired) electrons. The van der Waals surface area contributed by atoms with Gasteiger partial charge in [-0.05, 0) is 55.8 Å². The lowest BCUT2D eigenvalue weighted by Gasteiger charge is -2.03. The predicted octanol–water partition coefficient (Wildman–Crippen LogP) is 4.68. The highest BCUT2D eigenvalue weighted by atomic mass is 79.9. The van der Waals surface area contributed by atoms with E-state index < -0.39 is 0 Å². The van der Waals surface area contributed by atoms with Crippen molar-refractivity contribution in [2.75, 3.05) is 0 Å². The summed E-state index contributed by atoms with van der Waals surface area (Å²) < 4.78 is 1.94. The molecular weight excluding hydrogens is 352 g/mol. The molecule has 0 saturated heterocycles. The fourth-order valence-corrected chi connectivity index (χ4v) is 3.35. The Hall–Kier alpha value is -0.260. The number of thiophene rings is 1. The summed E-state index contributed by atoms with van der Waals surface area (Å²) in [5, 5.41) is 2.05. The Morgan fingerprint density at radius 2 is 2.12 bits per heavy atom. The van der Waals surface area contributed by atoms with E-state index in [4.69, 9.17) is 0 Å². The van der Waals surface area contributed by atoms with Crippen LogP contribution in [-0.4, -0.2) is 9.97 Å². The average Bonchev–Trinajstić information content (AvgIpc) is 2.64. The number of hydrogen-bond acceptors (Lipinski definition) is 3. The lowest BCUT2D eigenvalue weighted by molar-refractivity contribution is 0.831. The van der Waals surface area contributed by atoms with Crippen molar-refractivity contribution < 1.29 is 0 Å². The number of aryl methyl sites for hydroxylation is 1. The Bertz CT molecular complexity index is 496. The fraction of sp³-hybridized carbons (Fsp3) is 0.273. The smallest absolute Gasteiger partial charge is 0.130 e. The number of aromatic nitrogens is 2. The number of rotatable bonds is 3. The lowest BCUT2D eigenvalue weighted by atomic mass is 10.3. The first-order valence-corrected chi connectivity index (χ1v) is 7.44. The van der Waals surface area contributed by atoms with E-state index in [1.807, 2.05) is 12.1 Å². The van der Waals surface area contributed by atoms with Gasteiger partial charge in [0.25, 0.3) is 0 Å². The molecule has 0 unspecified atom stereocenters. The molecule has 0 bridgehead atoms. The van der Waals surface area contributed by atoms with Crippen LogP contribution in [0, 0.1) is 0 Å². The Kier molecular flexibility index (Phi) is 4.10. The van der Waals surface area contributed by atoms with Crippen LogP contribution >= 0.6 is 43.2 Å². The maximum Gasteiger partial charge on any atom is 0.130 e. The molecule has 0 N–H and O–H groups in total. The van der Waals surface area contributed by atoms with Gasteiger partial charge in [-0.1, -0.05) is 6.92 Å². The number of hydrogen-bond donors (Lipinski definition) is 0. The van der Waals surface area contributed by atoms with E-state index in [9.17, 15) is 0 Å². The minimum atomic E-state index is 0.848. The minimum Gasteiger partial charge on any atom is -0.232 e. The van der Waals surface area contributed by atoms with Crippen LogP contribution in [-0.2, 0) is 6.42 Å². The van der Waals surface area contributed by atoms with Gasteiger partial charge in [0.1, 0.15) is 10.4 Å². The van der Waals surface area contributed by atoms with E-state index in [0.717, 1.165) is 38.3 Å². The van der Waals surface area contributed by atoms with E-state index in [-0.39, 0.29) is 0 Å². The first-order chi connectivity index (χ1) is 7.70. The molecule has 0 aliphatic carbocycles. The molecular formula is C11H10Br2N2S. The normalized spacial score (nSPS) is 10.7. The SMILES string of the molecule is CCCc1nc(Br)cc(-c2sccc2Br)n1. The molecule has 0 fully saturated rings. The van der Waals surface area contributed by atoms with Crippen molar-refractivity contribution in [3.05, 3.63) is 32.4 Å². The zero-order valence-corrected chi connectivity index (χ0v) is 12.7. The van der Waals surface area contributed by atoms with E-state index >= 15 is 0 Å². The first kappa shape index (κ1) is 12.2. The second-order valence-electron chi connectivity index (χ2n) is 3.34. The van der Waals surface area contributed by atoms with Gasteiger partial charge in [0.15, 0.2) is 0 Å². The van der Waals surface area contributed by atoms with Crippen LogP contribution < -0.4 is 0 Å². The van der Waals surface area contributed by atoms with Crippen LogP contribution in [0.4, 0.5) is 0 Å². The lowest BCUT2D eigenvalue weighted by Crippen LogP contribution is -1.96. The Morgan fingerprint density at radius 3 is 2.75 bits per heavy atom. The second kappa shape index (κ2) is 5.38. The topological polar surface area (TPSA) is 25.8 Å². The van der Waals surface area contributed by atoms with Gasteiger partial charge in [0.2, 0.25) is 0 Å². The summed E-state index contributed by atoms with van der Waals surface area (Å²) in [4.78, 5) is 10.1. The molecule has 0 spiro atoms. The molecule has 5 heteroatoms. The Labute approximate surface area is 115 Å². The molecule has 2 aromatic rings. The molecule has 0 aromatic carbocycles. The highest BCUT2D eigenvalue weighted by Gasteiger charge is 2.09. The van der Waals surface area contributed by atoms with Crippen molar-refractivity contribution in [1.82, 2.24) is 9.97 Å². The molecule has 2 rings (SSSR count). The van der Waals surface area contributed by atoms with Gasteiger partial charge >= 0.3 is 0 Å². The number of halogens is 2. The van der Waals surface area contributed by atoms with Crippen LogP contribution in [0.1, 0.15) is 19.2 Å². The van der Waals surface area contributed by atoms with Crippen molar-refractivity contribution in [3.8, 4) is 10.6 Å². The maximum absolute atomic E-state index is 4.57. The highest BCUT2D eigenvalue weighted by Crippen LogP contribution is 2.33. The van der Waals surface area contributed by atoms with Gasteiger partial charge in [-0.3, -0.25) is 0 Å². The van der Waals surface area contributed by atoms with Crippen LogP contribution in [0.25, 0.3) is 10.6 Å². The van der Waals surface area contributed by atoms with Crippen LogP contribution in [0.2, 0.25) is 0 Å². The third kappa shape index (κ3) is 2.70. The van der Waals surface area contributed by atoms with E-state index in [1.165, 1.54) is 0 Å². The maximum atomic E-state index is 4.57. The molecule has 0 amide bonds. The third-order valence-electron chi connectivity index (χ3n) is 2.06. The monoisotopic (exact) mass is 360 g/mol. The van der Waals surface area contributed by atoms with Crippen LogP contribution in [0.3, 0.4) is 0 Å². The van der Waals surface area contributed by atoms with Gasteiger partial charge in [-0.2, -0.15) is 0 Å². The van der Waals surface area contributed by atoms with Crippen LogP contribution in [0.5, 0.6) is 0 Å².